The van der Waals surface area contributed by atoms with Crippen molar-refractivity contribution in [2.24, 2.45) is 7.05 Å². The fourth-order valence-corrected chi connectivity index (χ4v) is 4.41. The van der Waals surface area contributed by atoms with Gasteiger partial charge in [0.1, 0.15) is 5.69 Å². The maximum Gasteiger partial charge on any atom is 0.296 e. The number of para-hydroxylation sites is 1. The Hall–Kier alpha value is -2.80. The molecule has 0 atom stereocenters. The average molecular weight is 400 g/mol. The van der Waals surface area contributed by atoms with Gasteiger partial charge in [0.2, 0.25) is 0 Å². The quantitative estimate of drug-likeness (QED) is 0.687. The molecule has 3 rings (SSSR count). The molecule has 0 radical (unpaired) electrons. The third-order valence-electron chi connectivity index (χ3n) is 4.74. The Bertz CT molecular complexity index is 1130. The van der Waals surface area contributed by atoms with Crippen molar-refractivity contribution in [2.45, 2.75) is 38.0 Å². The molecule has 0 aliphatic heterocycles. The highest BCUT2D eigenvalue weighted by molar-refractivity contribution is 7.92. The normalized spacial score (nSPS) is 11.8. The zero-order chi connectivity index (χ0) is 20.5. The van der Waals surface area contributed by atoms with E-state index in [1.54, 1.807) is 36.0 Å². The van der Waals surface area contributed by atoms with Crippen molar-refractivity contribution < 1.29 is 8.42 Å². The minimum Gasteiger partial charge on any atom is -0.283 e. The Morgan fingerprint density at radius 2 is 1.61 bits per heavy atom. The third-order valence-corrected chi connectivity index (χ3v) is 6.10. The smallest absolute Gasteiger partial charge is 0.283 e. The summed E-state index contributed by atoms with van der Waals surface area (Å²) in [7, 11) is -2.12. The molecule has 0 unspecified atom stereocenters. The number of sulfonamides is 1. The second kappa shape index (κ2) is 7.67. The topological polar surface area (TPSA) is 73.1 Å². The summed E-state index contributed by atoms with van der Waals surface area (Å²) >= 11 is 0. The van der Waals surface area contributed by atoms with Crippen LogP contribution in [0, 0.1) is 0 Å². The van der Waals surface area contributed by atoms with Gasteiger partial charge in [0, 0.05) is 7.05 Å². The van der Waals surface area contributed by atoms with Gasteiger partial charge < -0.3 is 0 Å². The van der Waals surface area contributed by atoms with E-state index in [2.05, 4.69) is 4.72 Å². The van der Waals surface area contributed by atoms with Crippen molar-refractivity contribution in [3.8, 4) is 5.69 Å². The first-order valence-corrected chi connectivity index (χ1v) is 10.7. The highest BCUT2D eigenvalue weighted by Crippen LogP contribution is 2.25. The molecule has 148 valence electrons. The zero-order valence-corrected chi connectivity index (χ0v) is 17.3. The SMILES string of the molecule is CCc1ccc(S(=O)(=O)Nc2c(C(C)C)n(C)n(-c3ccccc3)c2=O)cc1. The second-order valence-electron chi connectivity index (χ2n) is 6.99. The molecule has 3 aromatic rings. The lowest BCUT2D eigenvalue weighted by atomic mass is 10.1. The van der Waals surface area contributed by atoms with Crippen molar-refractivity contribution in [3.63, 3.8) is 0 Å². The van der Waals surface area contributed by atoms with E-state index in [1.165, 1.54) is 4.68 Å². The lowest BCUT2D eigenvalue weighted by molar-refractivity contribution is 0.594. The molecule has 6 nitrogen and oxygen atoms in total. The van der Waals surface area contributed by atoms with E-state index in [4.69, 9.17) is 0 Å². The van der Waals surface area contributed by atoms with Gasteiger partial charge in [0.25, 0.3) is 15.6 Å². The first-order chi connectivity index (χ1) is 13.3. The van der Waals surface area contributed by atoms with Crippen LogP contribution in [-0.4, -0.2) is 17.8 Å². The summed E-state index contributed by atoms with van der Waals surface area (Å²) in [4.78, 5) is 13.3. The van der Waals surface area contributed by atoms with Crippen LogP contribution < -0.4 is 10.3 Å². The van der Waals surface area contributed by atoms with Crippen LogP contribution in [0.2, 0.25) is 0 Å². The van der Waals surface area contributed by atoms with Crippen LogP contribution in [0.25, 0.3) is 5.69 Å². The third kappa shape index (κ3) is 3.62. The predicted octanol–water partition coefficient (Wildman–Crippen LogP) is 3.66. The highest BCUT2D eigenvalue weighted by atomic mass is 32.2. The van der Waals surface area contributed by atoms with Gasteiger partial charge in [-0.15, -0.1) is 0 Å². The fourth-order valence-electron chi connectivity index (χ4n) is 3.34. The van der Waals surface area contributed by atoms with Crippen LogP contribution in [0.5, 0.6) is 0 Å². The summed E-state index contributed by atoms with van der Waals surface area (Å²) < 4.78 is 31.6. The number of nitrogens with one attached hydrogen (secondary N) is 1. The number of nitrogens with zero attached hydrogens (tertiary/aromatic N) is 2. The number of aryl methyl sites for hydroxylation is 1. The summed E-state index contributed by atoms with van der Waals surface area (Å²) in [6.45, 7) is 5.86. The molecule has 2 aromatic carbocycles. The molecular formula is C21H25N3O3S. The first kappa shape index (κ1) is 19.9. The van der Waals surface area contributed by atoms with Crippen molar-refractivity contribution in [2.75, 3.05) is 4.72 Å². The van der Waals surface area contributed by atoms with Crippen LogP contribution in [0.15, 0.2) is 64.3 Å². The number of hydrogen-bond acceptors (Lipinski definition) is 3. The number of aromatic nitrogens is 2. The lowest BCUT2D eigenvalue weighted by Crippen LogP contribution is -2.23. The van der Waals surface area contributed by atoms with E-state index in [0.29, 0.717) is 11.4 Å². The molecule has 28 heavy (non-hydrogen) atoms. The highest BCUT2D eigenvalue weighted by Gasteiger charge is 2.25. The van der Waals surface area contributed by atoms with E-state index < -0.39 is 15.6 Å². The molecule has 0 aliphatic rings. The van der Waals surface area contributed by atoms with Crippen LogP contribution in [0.3, 0.4) is 0 Å². The molecule has 1 heterocycles. The van der Waals surface area contributed by atoms with Crippen LogP contribution in [-0.2, 0) is 23.5 Å². The number of rotatable bonds is 6. The van der Waals surface area contributed by atoms with Gasteiger partial charge in [-0.05, 0) is 42.2 Å². The molecule has 0 spiro atoms. The Morgan fingerprint density at radius 3 is 2.14 bits per heavy atom. The van der Waals surface area contributed by atoms with E-state index in [0.717, 1.165) is 12.0 Å². The van der Waals surface area contributed by atoms with Gasteiger partial charge in [-0.25, -0.2) is 13.1 Å². The molecule has 7 heteroatoms. The van der Waals surface area contributed by atoms with E-state index in [9.17, 15) is 13.2 Å². The Kier molecular flexibility index (Phi) is 5.47. The molecule has 1 N–H and O–H groups in total. The van der Waals surface area contributed by atoms with Gasteiger partial charge in [-0.3, -0.25) is 14.2 Å². The number of anilines is 1. The summed E-state index contributed by atoms with van der Waals surface area (Å²) in [6, 6.07) is 15.9. The Labute approximate surface area is 165 Å². The molecular weight excluding hydrogens is 374 g/mol. The molecule has 0 aliphatic carbocycles. The monoisotopic (exact) mass is 399 g/mol. The Balaban J connectivity index is 2.12. The average Bonchev–Trinajstić information content (AvgIpc) is 2.92. The van der Waals surface area contributed by atoms with E-state index in [-0.39, 0.29) is 16.5 Å². The molecule has 0 amide bonds. The summed E-state index contributed by atoms with van der Waals surface area (Å²) in [6.07, 6.45) is 0.825. The lowest BCUT2D eigenvalue weighted by Gasteiger charge is -2.13. The molecule has 1 aromatic heterocycles. The van der Waals surface area contributed by atoms with Gasteiger partial charge in [-0.1, -0.05) is 51.1 Å². The van der Waals surface area contributed by atoms with Gasteiger partial charge in [0.15, 0.2) is 0 Å². The number of benzene rings is 2. The number of hydrogen-bond donors (Lipinski definition) is 1. The molecule has 0 fully saturated rings. The summed E-state index contributed by atoms with van der Waals surface area (Å²) in [5.41, 5.74) is 2.04. The van der Waals surface area contributed by atoms with Crippen molar-refractivity contribution in [1.29, 1.82) is 0 Å². The van der Waals surface area contributed by atoms with Gasteiger partial charge >= 0.3 is 0 Å². The van der Waals surface area contributed by atoms with Crippen molar-refractivity contribution in [3.05, 3.63) is 76.2 Å². The maximum atomic E-state index is 13.1. The molecule has 0 saturated heterocycles. The summed E-state index contributed by atoms with van der Waals surface area (Å²) in [5, 5.41) is 0. The van der Waals surface area contributed by atoms with Crippen LogP contribution in [0.4, 0.5) is 5.69 Å². The van der Waals surface area contributed by atoms with E-state index >= 15 is 0 Å². The first-order valence-electron chi connectivity index (χ1n) is 9.25. The van der Waals surface area contributed by atoms with E-state index in [1.807, 2.05) is 51.1 Å². The Morgan fingerprint density at radius 1 is 1.00 bits per heavy atom. The fraction of sp³-hybridized carbons (Fsp3) is 0.286. The van der Waals surface area contributed by atoms with Crippen LogP contribution >= 0.6 is 0 Å². The minimum absolute atomic E-state index is 0.0529. The molecule has 0 bridgehead atoms. The summed E-state index contributed by atoms with van der Waals surface area (Å²) in [5.74, 6) is -0.0529. The van der Waals surface area contributed by atoms with Crippen LogP contribution in [0.1, 0.15) is 37.9 Å². The minimum atomic E-state index is -3.88. The van der Waals surface area contributed by atoms with Crippen molar-refractivity contribution >= 4 is 15.7 Å². The second-order valence-corrected chi connectivity index (χ2v) is 8.68. The molecule has 0 saturated carbocycles. The van der Waals surface area contributed by atoms with Crippen molar-refractivity contribution in [1.82, 2.24) is 9.36 Å². The zero-order valence-electron chi connectivity index (χ0n) is 16.5. The van der Waals surface area contributed by atoms with Gasteiger partial charge in [-0.2, -0.15) is 0 Å². The standard InChI is InChI=1S/C21H25N3O3S/c1-5-16-11-13-18(14-12-16)28(26,27)22-19-20(15(2)3)23(4)24(21(19)25)17-9-7-6-8-10-17/h6-15,22H,5H2,1-4H3. The largest absolute Gasteiger partial charge is 0.296 e. The van der Waals surface area contributed by atoms with Gasteiger partial charge in [0.05, 0.1) is 16.3 Å². The maximum absolute atomic E-state index is 13.1. The predicted molar refractivity (Wildman–Crippen MR) is 112 cm³/mol.